The smallest absolute Gasteiger partial charge is 0.256 e. The first-order valence-corrected chi connectivity index (χ1v) is 13.5. The van der Waals surface area contributed by atoms with E-state index >= 15 is 0 Å². The van der Waals surface area contributed by atoms with Crippen molar-refractivity contribution in [3.63, 3.8) is 0 Å². The summed E-state index contributed by atoms with van der Waals surface area (Å²) in [4.78, 5) is 27.3. The summed E-state index contributed by atoms with van der Waals surface area (Å²) in [6, 6.07) is 6.49. The second kappa shape index (κ2) is 11.6. The molecular formula is C29H37F3N4O3. The average molecular weight is 547 g/mol. The van der Waals surface area contributed by atoms with Crippen LogP contribution in [0.15, 0.2) is 30.3 Å². The Bertz CT molecular complexity index is 1220. The number of carbonyl (C=O) groups excluding carboxylic acids is 2. The zero-order valence-corrected chi connectivity index (χ0v) is 22.7. The maximum atomic E-state index is 14.8. The Morgan fingerprint density at radius 2 is 1.74 bits per heavy atom. The van der Waals surface area contributed by atoms with Crippen LogP contribution in [0.5, 0.6) is 0 Å². The maximum Gasteiger partial charge on any atom is 0.256 e. The van der Waals surface area contributed by atoms with Crippen LogP contribution in [-0.4, -0.2) is 58.6 Å². The molecule has 10 heteroatoms. The largest absolute Gasteiger partial charge is 0.385 e. The van der Waals surface area contributed by atoms with E-state index in [1.807, 2.05) is 6.92 Å². The lowest BCUT2D eigenvalue weighted by atomic mass is 9.90. The van der Waals surface area contributed by atoms with E-state index in [-0.39, 0.29) is 42.8 Å². The number of nitrogens with zero attached hydrogens (tertiary/aromatic N) is 1. The van der Waals surface area contributed by atoms with Gasteiger partial charge >= 0.3 is 0 Å². The van der Waals surface area contributed by atoms with Crippen LogP contribution in [0.25, 0.3) is 0 Å². The Labute approximate surface area is 227 Å². The second-order valence-corrected chi connectivity index (χ2v) is 11.2. The first-order valence-electron chi connectivity index (χ1n) is 13.5. The van der Waals surface area contributed by atoms with Gasteiger partial charge in [0.15, 0.2) is 11.6 Å². The number of aryl methyl sites for hydroxylation is 1. The highest BCUT2D eigenvalue weighted by Crippen LogP contribution is 2.32. The maximum absolute atomic E-state index is 14.8. The quantitative estimate of drug-likeness (QED) is 0.374. The summed E-state index contributed by atoms with van der Waals surface area (Å²) in [6.07, 6.45) is 5.89. The van der Waals surface area contributed by atoms with E-state index in [4.69, 9.17) is 0 Å². The van der Waals surface area contributed by atoms with Gasteiger partial charge in [-0.25, -0.2) is 13.2 Å². The number of hydrogen-bond acceptors (Lipinski definition) is 5. The number of rotatable bonds is 9. The van der Waals surface area contributed by atoms with Crippen molar-refractivity contribution in [2.45, 2.75) is 76.5 Å². The van der Waals surface area contributed by atoms with Gasteiger partial charge in [0.2, 0.25) is 5.91 Å². The third kappa shape index (κ3) is 6.55. The topological polar surface area (TPSA) is 93.7 Å². The number of likely N-dealkylation sites (tertiary alicyclic amines) is 1. The number of hydrogen-bond donors (Lipinski definition) is 4. The summed E-state index contributed by atoms with van der Waals surface area (Å²) in [5.41, 5.74) is -2.26. The third-order valence-electron chi connectivity index (χ3n) is 7.65. The molecule has 2 aromatic rings. The Kier molecular flexibility index (Phi) is 8.56. The number of benzene rings is 2. The van der Waals surface area contributed by atoms with E-state index < -0.39 is 40.2 Å². The molecule has 4 rings (SSSR count). The van der Waals surface area contributed by atoms with Crippen molar-refractivity contribution in [3.05, 3.63) is 58.9 Å². The molecule has 1 saturated carbocycles. The number of anilines is 2. The van der Waals surface area contributed by atoms with Crippen molar-refractivity contribution in [2.75, 3.05) is 25.0 Å². The summed E-state index contributed by atoms with van der Waals surface area (Å²) < 4.78 is 43.4. The first kappa shape index (κ1) is 28.9. The fourth-order valence-corrected chi connectivity index (χ4v) is 5.03. The summed E-state index contributed by atoms with van der Waals surface area (Å²) in [5.74, 6) is -3.93. The van der Waals surface area contributed by atoms with Crippen LogP contribution in [0.1, 0.15) is 68.8 Å². The number of amides is 2. The van der Waals surface area contributed by atoms with E-state index in [2.05, 4.69) is 16.0 Å². The van der Waals surface area contributed by atoms with Gasteiger partial charge in [-0.3, -0.25) is 9.59 Å². The second-order valence-electron chi connectivity index (χ2n) is 11.2. The Hall–Kier alpha value is -3.11. The normalized spacial score (nSPS) is 17.5. The van der Waals surface area contributed by atoms with Gasteiger partial charge < -0.3 is 26.0 Å². The molecule has 0 unspecified atom stereocenters. The molecule has 2 aliphatic rings. The van der Waals surface area contributed by atoms with Crippen molar-refractivity contribution in [1.82, 2.24) is 15.5 Å². The predicted molar refractivity (Wildman–Crippen MR) is 143 cm³/mol. The molecule has 39 heavy (non-hydrogen) atoms. The lowest BCUT2D eigenvalue weighted by Crippen LogP contribution is -2.69. The van der Waals surface area contributed by atoms with Gasteiger partial charge in [0, 0.05) is 12.6 Å². The first-order chi connectivity index (χ1) is 18.4. The van der Waals surface area contributed by atoms with Gasteiger partial charge in [0.05, 0.1) is 35.6 Å². The predicted octanol–water partition coefficient (Wildman–Crippen LogP) is 4.41. The lowest BCUT2D eigenvalue weighted by Gasteiger charge is -2.47. The fraction of sp³-hybridized carbons (Fsp3) is 0.517. The summed E-state index contributed by atoms with van der Waals surface area (Å²) in [7, 11) is 0. The highest BCUT2D eigenvalue weighted by atomic mass is 19.2. The molecule has 212 valence electrons. The van der Waals surface area contributed by atoms with Crippen molar-refractivity contribution >= 4 is 23.2 Å². The van der Waals surface area contributed by atoms with Crippen LogP contribution >= 0.6 is 0 Å². The van der Waals surface area contributed by atoms with Crippen molar-refractivity contribution in [1.29, 1.82) is 0 Å². The van der Waals surface area contributed by atoms with E-state index in [0.29, 0.717) is 6.42 Å². The molecule has 0 spiro atoms. The highest BCUT2D eigenvalue weighted by molar-refractivity contribution is 6.01. The molecule has 2 aromatic carbocycles. The summed E-state index contributed by atoms with van der Waals surface area (Å²) in [5, 5.41) is 19.7. The average Bonchev–Trinajstić information content (AvgIpc) is 2.89. The van der Waals surface area contributed by atoms with E-state index in [1.54, 1.807) is 19.9 Å². The molecule has 0 atom stereocenters. The highest BCUT2D eigenvalue weighted by Gasteiger charge is 2.45. The molecule has 0 aromatic heterocycles. The molecule has 4 N–H and O–H groups in total. The molecule has 1 aliphatic heterocycles. The fourth-order valence-electron chi connectivity index (χ4n) is 5.03. The van der Waals surface area contributed by atoms with Gasteiger partial charge in [-0.15, -0.1) is 0 Å². The Morgan fingerprint density at radius 3 is 2.38 bits per heavy atom. The molecule has 1 saturated heterocycles. The van der Waals surface area contributed by atoms with Gasteiger partial charge in [-0.05, 0) is 62.9 Å². The number of carbonyl (C=O) groups is 2. The van der Waals surface area contributed by atoms with Gasteiger partial charge in [-0.2, -0.15) is 0 Å². The monoisotopic (exact) mass is 546 g/mol. The molecule has 1 aliphatic carbocycles. The van der Waals surface area contributed by atoms with Crippen LogP contribution in [0, 0.1) is 17.5 Å². The van der Waals surface area contributed by atoms with Crippen LogP contribution in [-0.2, 0) is 11.2 Å². The SMILES string of the molecule is CCc1ccc(Nc2c(C(=O)N3CC(O)(CNC(C)(C)C(=O)NC4CCCCC4)C3)ccc(F)c2F)c(F)c1. The summed E-state index contributed by atoms with van der Waals surface area (Å²) in [6.45, 7) is 5.25. The zero-order chi connectivity index (χ0) is 28.4. The number of aliphatic hydroxyl groups is 1. The van der Waals surface area contributed by atoms with Gasteiger partial charge in [0.1, 0.15) is 11.4 Å². The van der Waals surface area contributed by atoms with Crippen molar-refractivity contribution in [3.8, 4) is 0 Å². The number of halogens is 3. The molecule has 2 amide bonds. The Morgan fingerprint density at radius 1 is 1.05 bits per heavy atom. The minimum absolute atomic E-state index is 0.0553. The third-order valence-corrected chi connectivity index (χ3v) is 7.65. The molecule has 0 radical (unpaired) electrons. The van der Waals surface area contributed by atoms with Crippen LogP contribution in [0.4, 0.5) is 24.5 Å². The van der Waals surface area contributed by atoms with Gasteiger partial charge in [0.25, 0.3) is 5.91 Å². The van der Waals surface area contributed by atoms with Crippen LogP contribution in [0.2, 0.25) is 0 Å². The lowest BCUT2D eigenvalue weighted by molar-refractivity contribution is -0.129. The molecule has 2 fully saturated rings. The number of β-amino-alcohol motifs (C(OH)–C–C–N with tert-alkyl or cyclic N) is 1. The van der Waals surface area contributed by atoms with Crippen LogP contribution < -0.4 is 16.0 Å². The van der Waals surface area contributed by atoms with E-state index in [1.165, 1.54) is 23.5 Å². The molecular weight excluding hydrogens is 509 g/mol. The van der Waals surface area contributed by atoms with E-state index in [9.17, 15) is 27.9 Å². The molecule has 0 bridgehead atoms. The van der Waals surface area contributed by atoms with Gasteiger partial charge in [-0.1, -0.05) is 32.3 Å². The standard InChI is InChI=1S/C29H37F3N4O3/c1-4-18-10-13-23(22(31)14-18)35-25-20(11-12-21(30)24(25)32)26(37)36-16-29(39,17-36)15-33-28(2,3)27(38)34-19-8-6-5-7-9-19/h10-14,19,33,35,39H,4-9,15-17H2,1-3H3,(H,34,38). The summed E-state index contributed by atoms with van der Waals surface area (Å²) >= 11 is 0. The molecule has 7 nitrogen and oxygen atoms in total. The zero-order valence-electron chi connectivity index (χ0n) is 22.7. The van der Waals surface area contributed by atoms with E-state index in [0.717, 1.165) is 43.4 Å². The molecule has 1 heterocycles. The minimum Gasteiger partial charge on any atom is -0.385 e. The van der Waals surface area contributed by atoms with Crippen molar-refractivity contribution < 1.29 is 27.9 Å². The minimum atomic E-state index is -1.30. The van der Waals surface area contributed by atoms with Crippen LogP contribution in [0.3, 0.4) is 0 Å². The Balaban J connectivity index is 1.40. The van der Waals surface area contributed by atoms with Crippen molar-refractivity contribution in [2.24, 2.45) is 0 Å². The number of nitrogens with one attached hydrogen (secondary N) is 3.